The molecule has 2 fully saturated rings. The molecule has 0 amide bonds. The average Bonchev–Trinajstić information content (AvgIpc) is 4.15. The summed E-state index contributed by atoms with van der Waals surface area (Å²) in [6.45, 7) is 19.4. The molecule has 0 aromatic carbocycles. The second kappa shape index (κ2) is 23.1. The smallest absolute Gasteiger partial charge is 0.180 e. The predicted octanol–water partition coefficient (Wildman–Crippen LogP) is 11.7. The normalized spacial score (nSPS) is 15.0. The first-order valence-corrected chi connectivity index (χ1v) is 23.5. The van der Waals surface area contributed by atoms with Crippen molar-refractivity contribution in [3.8, 4) is 22.5 Å². The minimum Gasteiger partial charge on any atom is -0.378 e. The fourth-order valence-corrected chi connectivity index (χ4v) is 9.12. The highest BCUT2D eigenvalue weighted by Gasteiger charge is 2.39. The van der Waals surface area contributed by atoms with Crippen molar-refractivity contribution in [2.24, 2.45) is 0 Å². The van der Waals surface area contributed by atoms with E-state index in [1.807, 2.05) is 104 Å². The highest BCUT2D eigenvalue weighted by Crippen LogP contribution is 2.39. The Labute approximate surface area is 365 Å². The van der Waals surface area contributed by atoms with Gasteiger partial charge >= 0.3 is 0 Å². The van der Waals surface area contributed by atoms with E-state index >= 15 is 0 Å². The highest BCUT2D eigenvalue weighted by atomic mass is 32.1. The van der Waals surface area contributed by atoms with Gasteiger partial charge in [-0.2, -0.15) is 25.2 Å². The number of hydrogen-bond acceptors (Lipinski definition) is 14. The third-order valence-corrected chi connectivity index (χ3v) is 11.7. The summed E-state index contributed by atoms with van der Waals surface area (Å²) in [4.78, 5) is 20.9. The standard InChI is InChI=1S/C20H22N8S.C15H13N5OS2.4C2H6/c1-12-10-28-17(13-7-22-23-8-13)9-21-20(28)19(24-12)25-18-6-14(26-29-18)11-27-15-2-3-16(27)5-4-15;1-21-8-11-6-13(23-19-11)18-14-15-17-7-12(10-2-5-22-9-10)20(15)4-3-16-14;4*1-2/h6-10,15-16H,2-5,11H2,1H3,(H,22,23)(H,24,25);2-7,9H,8H2,1H3,(H,16,18);4*1-2H3. The fraction of sp³-hybridized carbons (Fsp3) is 0.419. The summed E-state index contributed by atoms with van der Waals surface area (Å²) in [7, 11) is 1.66. The van der Waals surface area contributed by atoms with E-state index < -0.39 is 0 Å². The van der Waals surface area contributed by atoms with Crippen LogP contribution in [0.25, 0.3) is 33.8 Å². The number of thiophene rings is 1. The van der Waals surface area contributed by atoms with E-state index in [2.05, 4.69) is 77.3 Å². The van der Waals surface area contributed by atoms with Gasteiger partial charge < -0.3 is 15.4 Å². The van der Waals surface area contributed by atoms with E-state index in [9.17, 15) is 0 Å². The number of imidazole rings is 2. The van der Waals surface area contributed by atoms with Crippen LogP contribution < -0.4 is 10.6 Å². The zero-order chi connectivity index (χ0) is 43.0. The zero-order valence-corrected chi connectivity index (χ0v) is 38.9. The van der Waals surface area contributed by atoms with Gasteiger partial charge in [-0.15, -0.1) is 0 Å². The number of H-pyrrole nitrogens is 1. The number of methoxy groups -OCH3 is 1. The quantitative estimate of drug-likeness (QED) is 0.120. The Kier molecular flexibility index (Phi) is 17.7. The van der Waals surface area contributed by atoms with E-state index in [0.717, 1.165) is 85.3 Å². The first kappa shape index (κ1) is 46.0. The van der Waals surface area contributed by atoms with Crippen molar-refractivity contribution in [1.82, 2.24) is 52.6 Å². The van der Waals surface area contributed by atoms with Crippen molar-refractivity contribution in [2.45, 2.75) is 113 Å². The van der Waals surface area contributed by atoms with Crippen LogP contribution in [-0.4, -0.2) is 71.8 Å². The van der Waals surface area contributed by atoms with E-state index in [1.54, 1.807) is 30.8 Å². The summed E-state index contributed by atoms with van der Waals surface area (Å²) in [6, 6.07) is 7.73. The second-order valence-corrected chi connectivity index (χ2v) is 15.3. The van der Waals surface area contributed by atoms with Crippen molar-refractivity contribution in [3.05, 3.63) is 89.4 Å². The number of hydrogen-bond donors (Lipinski definition) is 3. The van der Waals surface area contributed by atoms with Crippen LogP contribution in [0.5, 0.6) is 0 Å². The third kappa shape index (κ3) is 10.6. The number of aryl methyl sites for hydroxylation is 1. The van der Waals surface area contributed by atoms with Crippen molar-refractivity contribution >= 4 is 67.3 Å². The van der Waals surface area contributed by atoms with Gasteiger partial charge in [0, 0.05) is 67.0 Å². The molecule has 10 rings (SSSR count). The number of fused-ring (bicyclic) bond motifs is 4. The molecule has 0 radical (unpaired) electrons. The number of rotatable bonds is 10. The molecule has 320 valence electrons. The monoisotopic (exact) mass is 869 g/mol. The number of ether oxygens (including phenoxy) is 1. The molecule has 2 aliphatic heterocycles. The molecule has 2 saturated heterocycles. The molecule has 0 aliphatic carbocycles. The first-order valence-electron chi connectivity index (χ1n) is 21.0. The van der Waals surface area contributed by atoms with Crippen molar-refractivity contribution < 1.29 is 4.74 Å². The molecular weight excluding hydrogens is 811 g/mol. The second-order valence-electron chi connectivity index (χ2n) is 12.9. The molecule has 14 nitrogen and oxygen atoms in total. The number of nitrogens with one attached hydrogen (secondary N) is 3. The maximum absolute atomic E-state index is 5.09. The topological polar surface area (TPSA) is 151 Å². The van der Waals surface area contributed by atoms with Gasteiger partial charge in [0.25, 0.3) is 0 Å². The Balaban J connectivity index is 0.000000199. The lowest BCUT2D eigenvalue weighted by molar-refractivity contribution is 0.182. The molecule has 8 aromatic heterocycles. The molecule has 0 spiro atoms. The van der Waals surface area contributed by atoms with Crippen LogP contribution in [0.4, 0.5) is 21.6 Å². The molecule has 17 heteroatoms. The minimum absolute atomic E-state index is 0.501. The summed E-state index contributed by atoms with van der Waals surface area (Å²) < 4.78 is 18.2. The average molecular weight is 870 g/mol. The van der Waals surface area contributed by atoms with Crippen LogP contribution in [0.1, 0.15) is 98.2 Å². The fourth-order valence-electron chi connectivity index (χ4n) is 7.16. The molecule has 10 heterocycles. The Morgan fingerprint density at radius 3 is 2.00 bits per heavy atom. The Hall–Kier alpha value is -5.07. The van der Waals surface area contributed by atoms with E-state index in [1.165, 1.54) is 48.7 Å². The lowest BCUT2D eigenvalue weighted by Gasteiger charge is -2.19. The van der Waals surface area contributed by atoms with Gasteiger partial charge in [0.1, 0.15) is 10.0 Å². The van der Waals surface area contributed by atoms with Crippen LogP contribution in [0.3, 0.4) is 0 Å². The molecule has 0 unspecified atom stereocenters. The summed E-state index contributed by atoms with van der Waals surface area (Å²) in [5.74, 6) is 1.46. The summed E-state index contributed by atoms with van der Waals surface area (Å²) in [6.07, 6.45) is 18.5. The van der Waals surface area contributed by atoms with Gasteiger partial charge in [0.05, 0.1) is 53.7 Å². The van der Waals surface area contributed by atoms with E-state index in [0.29, 0.717) is 12.4 Å². The van der Waals surface area contributed by atoms with Crippen LogP contribution in [0.15, 0.2) is 72.3 Å². The maximum atomic E-state index is 5.09. The molecular formula is C43H59N13OS3. The number of aromatic nitrogens is 10. The minimum atomic E-state index is 0.501. The zero-order valence-electron chi connectivity index (χ0n) is 36.4. The Morgan fingerprint density at radius 1 is 0.767 bits per heavy atom. The molecule has 2 aliphatic rings. The molecule has 3 N–H and O–H groups in total. The molecule has 2 bridgehead atoms. The van der Waals surface area contributed by atoms with Gasteiger partial charge in [-0.25, -0.2) is 19.9 Å². The Bertz CT molecular complexity index is 2410. The third-order valence-electron chi connectivity index (χ3n) is 9.49. The summed E-state index contributed by atoms with van der Waals surface area (Å²) in [5, 5.41) is 19.7. The lowest BCUT2D eigenvalue weighted by Crippen LogP contribution is -2.27. The van der Waals surface area contributed by atoms with Gasteiger partial charge in [-0.05, 0) is 79.3 Å². The molecule has 60 heavy (non-hydrogen) atoms. The van der Waals surface area contributed by atoms with Gasteiger partial charge in [0.2, 0.25) is 0 Å². The summed E-state index contributed by atoms with van der Waals surface area (Å²) in [5.41, 5.74) is 8.72. The largest absolute Gasteiger partial charge is 0.378 e. The Morgan fingerprint density at radius 2 is 1.38 bits per heavy atom. The first-order chi connectivity index (χ1) is 29.6. The van der Waals surface area contributed by atoms with Crippen LogP contribution in [0.2, 0.25) is 0 Å². The van der Waals surface area contributed by atoms with Crippen LogP contribution in [0, 0.1) is 6.92 Å². The van der Waals surface area contributed by atoms with Crippen molar-refractivity contribution in [3.63, 3.8) is 0 Å². The van der Waals surface area contributed by atoms with Gasteiger partial charge in [-0.3, -0.25) is 18.8 Å². The van der Waals surface area contributed by atoms with E-state index in [-0.39, 0.29) is 0 Å². The molecule has 0 atom stereocenters. The SMILES string of the molecule is CC.CC.CC.CC.COCc1cc(Nc2nccn3c(-c4ccsc4)cnc23)sn1.Cc1cn2c(-c3cn[nH]c3)cnc2c(Nc2cc(CN3C4CCC3CC4)ns2)n1. The van der Waals surface area contributed by atoms with Crippen LogP contribution in [-0.2, 0) is 17.9 Å². The number of aromatic amines is 1. The van der Waals surface area contributed by atoms with Crippen molar-refractivity contribution in [1.29, 1.82) is 0 Å². The highest BCUT2D eigenvalue weighted by molar-refractivity contribution is 7.10. The molecule has 0 saturated carbocycles. The lowest BCUT2D eigenvalue weighted by atomic mass is 10.0. The van der Waals surface area contributed by atoms with Gasteiger partial charge in [0.15, 0.2) is 22.9 Å². The maximum Gasteiger partial charge on any atom is 0.180 e. The summed E-state index contributed by atoms with van der Waals surface area (Å²) >= 11 is 4.54. The predicted molar refractivity (Wildman–Crippen MR) is 250 cm³/mol. The molecule has 8 aromatic rings. The van der Waals surface area contributed by atoms with E-state index in [4.69, 9.17) is 9.11 Å². The van der Waals surface area contributed by atoms with Gasteiger partial charge in [-0.1, -0.05) is 55.4 Å². The number of nitrogens with zero attached hydrogens (tertiary/aromatic N) is 10. The van der Waals surface area contributed by atoms with Crippen LogP contribution >= 0.6 is 34.4 Å². The number of anilines is 4. The van der Waals surface area contributed by atoms with Crippen molar-refractivity contribution in [2.75, 3.05) is 17.7 Å².